The van der Waals surface area contributed by atoms with Crippen LogP contribution in [0.3, 0.4) is 0 Å². The molecule has 0 spiro atoms. The quantitative estimate of drug-likeness (QED) is 0.797. The Morgan fingerprint density at radius 2 is 1.93 bits per heavy atom. The van der Waals surface area contributed by atoms with Crippen molar-refractivity contribution in [2.45, 2.75) is 33.0 Å². The van der Waals surface area contributed by atoms with Crippen LogP contribution in [0, 0.1) is 6.92 Å². The molecule has 0 fully saturated rings. The van der Waals surface area contributed by atoms with Gasteiger partial charge >= 0.3 is 0 Å². The fourth-order valence-electron chi connectivity index (χ4n) is 1.49. The van der Waals surface area contributed by atoms with Crippen LogP contribution in [0.25, 0.3) is 0 Å². The lowest BCUT2D eigenvalue weighted by Gasteiger charge is -2.20. The molecule has 0 bridgehead atoms. The van der Waals surface area contributed by atoms with Gasteiger partial charge < -0.3 is 9.84 Å². The van der Waals surface area contributed by atoms with Crippen LogP contribution in [-0.4, -0.2) is 17.8 Å². The zero-order valence-corrected chi connectivity index (χ0v) is 9.03. The molecule has 0 saturated heterocycles. The van der Waals surface area contributed by atoms with Crippen molar-refractivity contribution >= 4 is 0 Å². The SMILES string of the molecule is Cc1ccccc1C(CO)OC(C)C. The van der Waals surface area contributed by atoms with Crippen molar-refractivity contribution < 1.29 is 9.84 Å². The van der Waals surface area contributed by atoms with Gasteiger partial charge in [0.15, 0.2) is 0 Å². The molecule has 1 aromatic carbocycles. The molecule has 14 heavy (non-hydrogen) atoms. The van der Waals surface area contributed by atoms with E-state index in [1.165, 1.54) is 0 Å². The molecule has 0 aliphatic carbocycles. The molecule has 2 nitrogen and oxygen atoms in total. The fourth-order valence-corrected chi connectivity index (χ4v) is 1.49. The average molecular weight is 194 g/mol. The molecule has 1 N–H and O–H groups in total. The van der Waals surface area contributed by atoms with Gasteiger partial charge in [-0.1, -0.05) is 24.3 Å². The number of hydrogen-bond acceptors (Lipinski definition) is 2. The van der Waals surface area contributed by atoms with Crippen molar-refractivity contribution in [1.29, 1.82) is 0 Å². The van der Waals surface area contributed by atoms with Gasteiger partial charge in [0.1, 0.15) is 6.10 Å². The van der Waals surface area contributed by atoms with Gasteiger partial charge in [0.05, 0.1) is 12.7 Å². The summed E-state index contributed by atoms with van der Waals surface area (Å²) in [5.74, 6) is 0. The van der Waals surface area contributed by atoms with Crippen LogP contribution in [0.15, 0.2) is 24.3 Å². The van der Waals surface area contributed by atoms with Crippen LogP contribution in [0.1, 0.15) is 31.1 Å². The highest BCUT2D eigenvalue weighted by Gasteiger charge is 2.13. The molecule has 0 saturated carbocycles. The third-order valence-electron chi connectivity index (χ3n) is 2.14. The molecule has 1 unspecified atom stereocenters. The first kappa shape index (κ1) is 11.2. The van der Waals surface area contributed by atoms with E-state index < -0.39 is 0 Å². The summed E-state index contributed by atoms with van der Waals surface area (Å²) in [5, 5.41) is 9.23. The number of aliphatic hydroxyl groups excluding tert-OH is 1. The highest BCUT2D eigenvalue weighted by Crippen LogP contribution is 2.21. The Morgan fingerprint density at radius 1 is 1.29 bits per heavy atom. The predicted octanol–water partition coefficient (Wildman–Crippen LogP) is 2.45. The standard InChI is InChI=1S/C12H18O2/c1-9(2)14-12(8-13)11-7-5-4-6-10(11)3/h4-7,9,12-13H,8H2,1-3H3. The zero-order chi connectivity index (χ0) is 10.6. The third kappa shape index (κ3) is 2.82. The Labute approximate surface area is 85.5 Å². The molecule has 0 amide bonds. The zero-order valence-electron chi connectivity index (χ0n) is 9.03. The molecule has 2 heteroatoms. The van der Waals surface area contributed by atoms with Gasteiger partial charge in [-0.25, -0.2) is 0 Å². The van der Waals surface area contributed by atoms with Gasteiger partial charge in [0.25, 0.3) is 0 Å². The van der Waals surface area contributed by atoms with E-state index >= 15 is 0 Å². The molecule has 1 aromatic rings. The largest absolute Gasteiger partial charge is 0.393 e. The minimum atomic E-state index is -0.198. The lowest BCUT2D eigenvalue weighted by Crippen LogP contribution is -2.15. The maximum absolute atomic E-state index is 9.23. The molecular weight excluding hydrogens is 176 g/mol. The molecule has 0 heterocycles. The first-order chi connectivity index (χ1) is 6.65. The Hall–Kier alpha value is -0.860. The number of aliphatic hydroxyl groups is 1. The maximum Gasteiger partial charge on any atom is 0.106 e. The molecule has 78 valence electrons. The van der Waals surface area contributed by atoms with Gasteiger partial charge in [-0.05, 0) is 31.9 Å². The van der Waals surface area contributed by atoms with Crippen LogP contribution >= 0.6 is 0 Å². The molecular formula is C12H18O2. The maximum atomic E-state index is 9.23. The third-order valence-corrected chi connectivity index (χ3v) is 2.14. The highest BCUT2D eigenvalue weighted by molar-refractivity contribution is 5.27. The number of benzene rings is 1. The second kappa shape index (κ2) is 5.13. The topological polar surface area (TPSA) is 29.5 Å². The van der Waals surface area contributed by atoms with Crippen LogP contribution in [0.5, 0.6) is 0 Å². The Bertz CT molecular complexity index is 281. The van der Waals surface area contributed by atoms with Crippen LogP contribution in [0.2, 0.25) is 0 Å². The normalized spacial score (nSPS) is 13.2. The van der Waals surface area contributed by atoms with Crippen LogP contribution < -0.4 is 0 Å². The molecule has 1 atom stereocenters. The summed E-state index contributed by atoms with van der Waals surface area (Å²) in [6.07, 6.45) is -0.0667. The van der Waals surface area contributed by atoms with Gasteiger partial charge in [-0.2, -0.15) is 0 Å². The molecule has 0 aliphatic rings. The second-order valence-corrected chi connectivity index (χ2v) is 3.71. The van der Waals surface area contributed by atoms with Gasteiger partial charge in [-0.3, -0.25) is 0 Å². The highest BCUT2D eigenvalue weighted by atomic mass is 16.5. The van der Waals surface area contributed by atoms with Gasteiger partial charge in [0, 0.05) is 0 Å². The van der Waals surface area contributed by atoms with E-state index in [2.05, 4.69) is 0 Å². The van der Waals surface area contributed by atoms with Crippen molar-refractivity contribution in [3.63, 3.8) is 0 Å². The monoisotopic (exact) mass is 194 g/mol. The smallest absolute Gasteiger partial charge is 0.106 e. The summed E-state index contributed by atoms with van der Waals surface area (Å²) in [5.41, 5.74) is 2.23. The van der Waals surface area contributed by atoms with E-state index in [0.29, 0.717) is 0 Å². The number of aryl methyl sites for hydroxylation is 1. The lowest BCUT2D eigenvalue weighted by molar-refractivity contribution is -0.0250. The minimum Gasteiger partial charge on any atom is -0.393 e. The van der Waals surface area contributed by atoms with Crippen molar-refractivity contribution in [2.24, 2.45) is 0 Å². The number of ether oxygens (including phenoxy) is 1. The van der Waals surface area contributed by atoms with E-state index in [0.717, 1.165) is 11.1 Å². The van der Waals surface area contributed by atoms with Crippen molar-refractivity contribution in [2.75, 3.05) is 6.61 Å². The summed E-state index contributed by atoms with van der Waals surface area (Å²) in [6, 6.07) is 7.98. The van der Waals surface area contributed by atoms with E-state index in [4.69, 9.17) is 4.74 Å². The first-order valence-electron chi connectivity index (χ1n) is 4.97. The summed E-state index contributed by atoms with van der Waals surface area (Å²) in [6.45, 7) is 6.01. The number of hydrogen-bond donors (Lipinski definition) is 1. The van der Waals surface area contributed by atoms with Crippen molar-refractivity contribution in [3.05, 3.63) is 35.4 Å². The summed E-state index contributed by atoms with van der Waals surface area (Å²) >= 11 is 0. The van der Waals surface area contributed by atoms with E-state index in [1.54, 1.807) is 0 Å². The lowest BCUT2D eigenvalue weighted by atomic mass is 10.0. The fraction of sp³-hybridized carbons (Fsp3) is 0.500. The van der Waals surface area contributed by atoms with Crippen molar-refractivity contribution in [1.82, 2.24) is 0 Å². The molecule has 0 aromatic heterocycles. The predicted molar refractivity (Wildman–Crippen MR) is 57.2 cm³/mol. The van der Waals surface area contributed by atoms with E-state index in [-0.39, 0.29) is 18.8 Å². The van der Waals surface area contributed by atoms with E-state index in [1.807, 2.05) is 45.0 Å². The first-order valence-corrected chi connectivity index (χ1v) is 4.97. The second-order valence-electron chi connectivity index (χ2n) is 3.71. The van der Waals surface area contributed by atoms with Gasteiger partial charge in [-0.15, -0.1) is 0 Å². The summed E-state index contributed by atoms with van der Waals surface area (Å²) in [4.78, 5) is 0. The molecule has 0 radical (unpaired) electrons. The van der Waals surface area contributed by atoms with Crippen LogP contribution in [0.4, 0.5) is 0 Å². The Morgan fingerprint density at radius 3 is 2.43 bits per heavy atom. The Balaban J connectivity index is 2.83. The minimum absolute atomic E-state index is 0.0308. The summed E-state index contributed by atoms with van der Waals surface area (Å²) in [7, 11) is 0. The Kier molecular flexibility index (Phi) is 4.11. The van der Waals surface area contributed by atoms with Crippen LogP contribution in [-0.2, 0) is 4.74 Å². The molecule has 0 aliphatic heterocycles. The van der Waals surface area contributed by atoms with Gasteiger partial charge in [0.2, 0.25) is 0 Å². The average Bonchev–Trinajstić information content (AvgIpc) is 2.15. The van der Waals surface area contributed by atoms with E-state index in [9.17, 15) is 5.11 Å². The number of rotatable bonds is 4. The summed E-state index contributed by atoms with van der Waals surface area (Å²) < 4.78 is 5.62. The molecule has 1 rings (SSSR count). The van der Waals surface area contributed by atoms with Crippen molar-refractivity contribution in [3.8, 4) is 0 Å².